The van der Waals surface area contributed by atoms with Crippen molar-refractivity contribution in [2.24, 2.45) is 0 Å². The lowest BCUT2D eigenvalue weighted by molar-refractivity contribution is 0.0602. The zero-order valence-electron chi connectivity index (χ0n) is 9.59. The van der Waals surface area contributed by atoms with Crippen molar-refractivity contribution in [1.82, 2.24) is 14.6 Å². The molecule has 88 valence electrons. The number of pyridine rings is 1. The normalized spacial score (nSPS) is 15.8. The van der Waals surface area contributed by atoms with Gasteiger partial charge < -0.3 is 4.74 Å². The number of carbonyl (C=O) groups excluding carboxylic acids is 1. The predicted octanol–water partition coefficient (Wildman–Crippen LogP) is 1.78. The smallest absolute Gasteiger partial charge is 0.341 e. The number of ether oxygens (including phenoxy) is 1. The molecule has 1 aliphatic carbocycles. The summed E-state index contributed by atoms with van der Waals surface area (Å²) in [6.45, 7) is 0. The number of hydrogen-bond acceptors (Lipinski definition) is 4. The molecule has 1 fully saturated rings. The Morgan fingerprint density at radius 1 is 1.47 bits per heavy atom. The Labute approximate surface area is 98.4 Å². The van der Waals surface area contributed by atoms with E-state index in [1.54, 1.807) is 6.07 Å². The number of esters is 1. The van der Waals surface area contributed by atoms with Crippen LogP contribution in [0.15, 0.2) is 18.3 Å². The van der Waals surface area contributed by atoms with Gasteiger partial charge in [-0.05, 0) is 25.0 Å². The van der Waals surface area contributed by atoms with Crippen LogP contribution < -0.4 is 0 Å². The van der Waals surface area contributed by atoms with Crippen molar-refractivity contribution in [2.45, 2.75) is 25.2 Å². The van der Waals surface area contributed by atoms with Crippen LogP contribution in [0.4, 0.5) is 0 Å². The predicted molar refractivity (Wildman–Crippen MR) is 60.9 cm³/mol. The maximum Gasteiger partial charge on any atom is 0.341 e. The highest BCUT2D eigenvalue weighted by atomic mass is 16.5. The molecular formula is C12H13N3O2. The number of rotatable bonds is 2. The fraction of sp³-hybridized carbons (Fsp3) is 0.417. The lowest BCUT2D eigenvalue weighted by atomic mass is 9.85. The molecule has 0 amide bonds. The summed E-state index contributed by atoms with van der Waals surface area (Å²) < 4.78 is 6.63. The molecule has 5 nitrogen and oxygen atoms in total. The minimum Gasteiger partial charge on any atom is -0.465 e. The number of aromatic nitrogens is 3. The summed E-state index contributed by atoms with van der Waals surface area (Å²) in [4.78, 5) is 11.6. The summed E-state index contributed by atoms with van der Waals surface area (Å²) in [6.07, 6.45) is 5.46. The number of nitrogens with zero attached hydrogens (tertiary/aromatic N) is 3. The Morgan fingerprint density at radius 2 is 2.29 bits per heavy atom. The first-order valence-corrected chi connectivity index (χ1v) is 5.73. The van der Waals surface area contributed by atoms with Crippen LogP contribution in [0.3, 0.4) is 0 Å². The van der Waals surface area contributed by atoms with E-state index in [2.05, 4.69) is 10.2 Å². The zero-order chi connectivity index (χ0) is 11.8. The Kier molecular flexibility index (Phi) is 2.31. The van der Waals surface area contributed by atoms with Gasteiger partial charge in [0.1, 0.15) is 11.4 Å². The lowest BCUT2D eigenvalue weighted by Gasteiger charge is -2.23. The third-order valence-electron chi connectivity index (χ3n) is 3.34. The largest absolute Gasteiger partial charge is 0.465 e. The van der Waals surface area contributed by atoms with Crippen molar-refractivity contribution in [3.63, 3.8) is 0 Å². The molecule has 1 aliphatic rings. The van der Waals surface area contributed by atoms with Crippen molar-refractivity contribution in [1.29, 1.82) is 0 Å². The van der Waals surface area contributed by atoms with Crippen LogP contribution in [-0.2, 0) is 4.74 Å². The first-order chi connectivity index (χ1) is 8.31. The van der Waals surface area contributed by atoms with Crippen LogP contribution in [0.25, 0.3) is 5.65 Å². The van der Waals surface area contributed by atoms with Gasteiger partial charge in [0, 0.05) is 12.1 Å². The number of carbonyl (C=O) groups is 1. The minimum absolute atomic E-state index is 0.372. The number of fused-ring (bicyclic) bond motifs is 1. The van der Waals surface area contributed by atoms with Gasteiger partial charge in [0.15, 0.2) is 5.65 Å². The van der Waals surface area contributed by atoms with Gasteiger partial charge in [-0.15, -0.1) is 10.2 Å². The maximum atomic E-state index is 11.6. The summed E-state index contributed by atoms with van der Waals surface area (Å²) in [5.74, 6) is 1.07. The summed E-state index contributed by atoms with van der Waals surface area (Å²) in [6, 6.07) is 3.53. The summed E-state index contributed by atoms with van der Waals surface area (Å²) in [5, 5.41) is 8.30. The molecule has 0 unspecified atom stereocenters. The van der Waals surface area contributed by atoms with Gasteiger partial charge in [0.25, 0.3) is 0 Å². The van der Waals surface area contributed by atoms with Crippen LogP contribution >= 0.6 is 0 Å². The van der Waals surface area contributed by atoms with Crippen molar-refractivity contribution >= 4 is 11.6 Å². The Morgan fingerprint density at radius 3 is 2.94 bits per heavy atom. The van der Waals surface area contributed by atoms with E-state index < -0.39 is 0 Å². The van der Waals surface area contributed by atoms with Crippen LogP contribution in [0.2, 0.25) is 0 Å². The molecule has 0 atom stereocenters. The van der Waals surface area contributed by atoms with Gasteiger partial charge in [0.05, 0.1) is 7.11 Å². The molecule has 1 saturated carbocycles. The molecular weight excluding hydrogens is 218 g/mol. The molecule has 2 aromatic rings. The second-order valence-electron chi connectivity index (χ2n) is 4.29. The van der Waals surface area contributed by atoms with Crippen molar-refractivity contribution in [3.05, 3.63) is 29.7 Å². The minimum atomic E-state index is -0.372. The van der Waals surface area contributed by atoms with E-state index >= 15 is 0 Å². The van der Waals surface area contributed by atoms with E-state index in [0.29, 0.717) is 17.1 Å². The monoisotopic (exact) mass is 231 g/mol. The van der Waals surface area contributed by atoms with Crippen LogP contribution in [-0.4, -0.2) is 27.7 Å². The SMILES string of the molecule is COC(=O)c1cccn2c(C3CCC3)nnc12. The summed E-state index contributed by atoms with van der Waals surface area (Å²) in [7, 11) is 1.37. The van der Waals surface area contributed by atoms with Gasteiger partial charge in [-0.25, -0.2) is 4.79 Å². The molecule has 0 aromatic carbocycles. The fourth-order valence-electron chi connectivity index (χ4n) is 2.15. The molecule has 0 N–H and O–H groups in total. The molecule has 3 rings (SSSR count). The standard InChI is InChI=1S/C12H13N3O2/c1-17-12(16)9-6-3-7-15-10(8-4-2-5-8)13-14-11(9)15/h3,6-8H,2,4-5H2,1H3. The second kappa shape index (κ2) is 3.84. The first-order valence-electron chi connectivity index (χ1n) is 5.73. The number of methoxy groups -OCH3 is 1. The highest BCUT2D eigenvalue weighted by Gasteiger charge is 2.25. The third kappa shape index (κ3) is 1.50. The van der Waals surface area contributed by atoms with E-state index in [9.17, 15) is 4.79 Å². The highest BCUT2D eigenvalue weighted by molar-refractivity contribution is 5.95. The maximum absolute atomic E-state index is 11.6. The molecule has 17 heavy (non-hydrogen) atoms. The average Bonchev–Trinajstić information content (AvgIpc) is 2.70. The van der Waals surface area contributed by atoms with Gasteiger partial charge in [-0.2, -0.15) is 0 Å². The second-order valence-corrected chi connectivity index (χ2v) is 4.29. The summed E-state index contributed by atoms with van der Waals surface area (Å²) >= 11 is 0. The molecule has 5 heteroatoms. The molecule has 0 spiro atoms. The van der Waals surface area contributed by atoms with E-state index in [1.807, 2.05) is 16.7 Å². The van der Waals surface area contributed by atoms with Crippen LogP contribution in [0, 0.1) is 0 Å². The molecule has 0 aliphatic heterocycles. The highest BCUT2D eigenvalue weighted by Crippen LogP contribution is 2.35. The topological polar surface area (TPSA) is 56.5 Å². The van der Waals surface area contributed by atoms with Crippen LogP contribution in [0.5, 0.6) is 0 Å². The Balaban J connectivity index is 2.14. The molecule has 0 bridgehead atoms. The Bertz CT molecular complexity index is 572. The Hall–Kier alpha value is -1.91. The molecule has 0 radical (unpaired) electrons. The lowest BCUT2D eigenvalue weighted by Crippen LogP contribution is -2.13. The summed E-state index contributed by atoms with van der Waals surface area (Å²) in [5.41, 5.74) is 1.05. The van der Waals surface area contributed by atoms with E-state index in [-0.39, 0.29) is 5.97 Å². The molecule has 2 aromatic heterocycles. The van der Waals surface area contributed by atoms with Crippen LogP contribution in [0.1, 0.15) is 41.4 Å². The molecule has 2 heterocycles. The fourth-order valence-corrected chi connectivity index (χ4v) is 2.15. The third-order valence-corrected chi connectivity index (χ3v) is 3.34. The zero-order valence-corrected chi connectivity index (χ0v) is 9.59. The van der Waals surface area contributed by atoms with Gasteiger partial charge in [0.2, 0.25) is 0 Å². The van der Waals surface area contributed by atoms with Gasteiger partial charge >= 0.3 is 5.97 Å². The van der Waals surface area contributed by atoms with E-state index in [4.69, 9.17) is 4.74 Å². The molecule has 0 saturated heterocycles. The van der Waals surface area contributed by atoms with Gasteiger partial charge in [-0.1, -0.05) is 6.42 Å². The first kappa shape index (κ1) is 10.3. The van der Waals surface area contributed by atoms with Gasteiger partial charge in [-0.3, -0.25) is 4.40 Å². The van der Waals surface area contributed by atoms with Crippen molar-refractivity contribution < 1.29 is 9.53 Å². The van der Waals surface area contributed by atoms with E-state index in [0.717, 1.165) is 18.7 Å². The van der Waals surface area contributed by atoms with Crippen molar-refractivity contribution in [3.8, 4) is 0 Å². The number of hydrogen-bond donors (Lipinski definition) is 0. The van der Waals surface area contributed by atoms with Crippen molar-refractivity contribution in [2.75, 3.05) is 7.11 Å². The van der Waals surface area contributed by atoms with E-state index in [1.165, 1.54) is 13.5 Å². The average molecular weight is 231 g/mol. The quantitative estimate of drug-likeness (QED) is 0.739.